The quantitative estimate of drug-likeness (QED) is 0.941. The molecule has 20 heavy (non-hydrogen) atoms. The first-order valence-electron chi connectivity index (χ1n) is 6.00. The smallest absolute Gasteiger partial charge is 0.262 e. The van der Waals surface area contributed by atoms with Crippen molar-refractivity contribution in [1.82, 2.24) is 0 Å². The van der Waals surface area contributed by atoms with Crippen molar-refractivity contribution in [3.8, 4) is 0 Å². The number of hydrogen-bond acceptors (Lipinski definition) is 2. The number of halogens is 2. The van der Waals surface area contributed by atoms with Crippen LogP contribution in [0.2, 0.25) is 0 Å². The third kappa shape index (κ3) is 2.96. The number of para-hydroxylation sites is 1. The highest BCUT2D eigenvalue weighted by atomic mass is 32.2. The summed E-state index contributed by atoms with van der Waals surface area (Å²) in [5, 5.41) is 0. The summed E-state index contributed by atoms with van der Waals surface area (Å²) >= 11 is 0. The van der Waals surface area contributed by atoms with Gasteiger partial charge in [-0.3, -0.25) is 4.72 Å². The Balaban J connectivity index is 2.38. The van der Waals surface area contributed by atoms with Crippen molar-refractivity contribution < 1.29 is 17.2 Å². The Morgan fingerprint density at radius 3 is 2.40 bits per heavy atom. The zero-order valence-electron chi connectivity index (χ0n) is 10.7. The van der Waals surface area contributed by atoms with Crippen molar-refractivity contribution in [1.29, 1.82) is 0 Å². The van der Waals surface area contributed by atoms with E-state index in [4.69, 9.17) is 0 Å². The first-order chi connectivity index (χ1) is 9.44. The molecule has 0 aliphatic carbocycles. The maximum atomic E-state index is 13.1. The minimum Gasteiger partial charge on any atom is -0.279 e. The fourth-order valence-corrected chi connectivity index (χ4v) is 2.89. The number of sulfonamides is 1. The molecule has 0 aromatic heterocycles. The topological polar surface area (TPSA) is 46.2 Å². The van der Waals surface area contributed by atoms with Gasteiger partial charge in [-0.2, -0.15) is 0 Å². The summed E-state index contributed by atoms with van der Waals surface area (Å²) in [6, 6.07) is 9.38. The molecule has 0 atom stereocenters. The molecule has 0 aliphatic heterocycles. The second-order valence-corrected chi connectivity index (χ2v) is 5.87. The molecule has 0 unspecified atom stereocenters. The predicted molar refractivity (Wildman–Crippen MR) is 73.0 cm³/mol. The van der Waals surface area contributed by atoms with Gasteiger partial charge >= 0.3 is 0 Å². The highest BCUT2D eigenvalue weighted by molar-refractivity contribution is 7.92. The number of anilines is 1. The zero-order chi connectivity index (χ0) is 14.8. The fraction of sp³-hybridized carbons (Fsp3) is 0.143. The molecule has 0 heterocycles. The molecule has 0 bridgehead atoms. The van der Waals surface area contributed by atoms with Gasteiger partial charge in [-0.05, 0) is 36.2 Å². The van der Waals surface area contributed by atoms with Gasteiger partial charge in [0.05, 0.1) is 10.6 Å². The second-order valence-electron chi connectivity index (χ2n) is 4.19. The van der Waals surface area contributed by atoms with E-state index in [-0.39, 0.29) is 4.90 Å². The van der Waals surface area contributed by atoms with E-state index in [1.807, 2.05) is 6.92 Å². The molecule has 2 rings (SSSR count). The van der Waals surface area contributed by atoms with E-state index in [1.54, 1.807) is 24.3 Å². The number of benzene rings is 2. The number of hydrogen-bond donors (Lipinski definition) is 1. The van der Waals surface area contributed by atoms with E-state index < -0.39 is 21.7 Å². The summed E-state index contributed by atoms with van der Waals surface area (Å²) in [5.74, 6) is -2.28. The van der Waals surface area contributed by atoms with E-state index in [1.165, 1.54) is 0 Å². The Labute approximate surface area is 116 Å². The van der Waals surface area contributed by atoms with Crippen molar-refractivity contribution in [2.45, 2.75) is 18.2 Å². The first kappa shape index (κ1) is 14.5. The maximum absolute atomic E-state index is 13.1. The van der Waals surface area contributed by atoms with Gasteiger partial charge in [0, 0.05) is 0 Å². The van der Waals surface area contributed by atoms with Crippen LogP contribution in [-0.4, -0.2) is 8.42 Å². The molecule has 3 nitrogen and oxygen atoms in total. The maximum Gasteiger partial charge on any atom is 0.262 e. The molecule has 0 aliphatic rings. The lowest BCUT2D eigenvalue weighted by Crippen LogP contribution is -2.14. The highest BCUT2D eigenvalue weighted by Gasteiger charge is 2.17. The molecule has 106 valence electrons. The van der Waals surface area contributed by atoms with Gasteiger partial charge in [0.25, 0.3) is 10.0 Å². The van der Waals surface area contributed by atoms with Gasteiger partial charge in [-0.25, -0.2) is 17.2 Å². The minimum absolute atomic E-state index is 0.317. The van der Waals surface area contributed by atoms with Crippen LogP contribution in [0.1, 0.15) is 12.5 Å². The van der Waals surface area contributed by atoms with E-state index in [0.717, 1.165) is 17.7 Å². The lowest BCUT2D eigenvalue weighted by Gasteiger charge is -2.11. The molecule has 0 fully saturated rings. The molecule has 2 aromatic carbocycles. The molecule has 0 saturated carbocycles. The van der Waals surface area contributed by atoms with Crippen LogP contribution in [-0.2, 0) is 16.4 Å². The Morgan fingerprint density at radius 1 is 1.05 bits per heavy atom. The summed E-state index contributed by atoms with van der Waals surface area (Å²) in [4.78, 5) is -0.317. The largest absolute Gasteiger partial charge is 0.279 e. The third-order valence-corrected chi connectivity index (χ3v) is 4.21. The summed E-state index contributed by atoms with van der Waals surface area (Å²) in [7, 11) is -3.94. The normalized spacial score (nSPS) is 11.3. The van der Waals surface area contributed by atoms with Crippen molar-refractivity contribution in [3.63, 3.8) is 0 Å². The summed E-state index contributed by atoms with van der Waals surface area (Å²) in [6.07, 6.45) is 0.649. The molecule has 1 N–H and O–H groups in total. The van der Waals surface area contributed by atoms with Crippen LogP contribution >= 0.6 is 0 Å². The second kappa shape index (κ2) is 5.58. The van der Waals surface area contributed by atoms with E-state index in [2.05, 4.69) is 4.72 Å². The molecular weight excluding hydrogens is 284 g/mol. The number of rotatable bonds is 4. The molecule has 0 saturated heterocycles. The van der Waals surface area contributed by atoms with Crippen LogP contribution in [0.3, 0.4) is 0 Å². The summed E-state index contributed by atoms with van der Waals surface area (Å²) < 4.78 is 52.6. The Morgan fingerprint density at radius 2 is 1.75 bits per heavy atom. The molecule has 0 spiro atoms. The van der Waals surface area contributed by atoms with E-state index in [9.17, 15) is 17.2 Å². The predicted octanol–water partition coefficient (Wildman–Crippen LogP) is 3.33. The standard InChI is InChI=1S/C14H13F2NO2S/c1-2-10-5-3-4-6-14(10)17-20(18,19)11-7-8-12(15)13(16)9-11/h3-9,17H,2H2,1H3. The fourth-order valence-electron chi connectivity index (χ4n) is 1.78. The van der Waals surface area contributed by atoms with Crippen molar-refractivity contribution >= 4 is 15.7 Å². The molecule has 6 heteroatoms. The minimum atomic E-state index is -3.94. The molecular formula is C14H13F2NO2S. The van der Waals surface area contributed by atoms with Gasteiger partial charge in [0.2, 0.25) is 0 Å². The monoisotopic (exact) mass is 297 g/mol. The number of aryl methyl sites for hydroxylation is 1. The van der Waals surface area contributed by atoms with Gasteiger partial charge < -0.3 is 0 Å². The van der Waals surface area contributed by atoms with Crippen LogP contribution in [0.5, 0.6) is 0 Å². The lowest BCUT2D eigenvalue weighted by atomic mass is 10.1. The van der Waals surface area contributed by atoms with Gasteiger partial charge in [0.1, 0.15) is 0 Å². The summed E-state index contributed by atoms with van der Waals surface area (Å²) in [6.45, 7) is 1.89. The van der Waals surface area contributed by atoms with Crippen molar-refractivity contribution in [2.75, 3.05) is 4.72 Å². The van der Waals surface area contributed by atoms with E-state index in [0.29, 0.717) is 18.2 Å². The average molecular weight is 297 g/mol. The third-order valence-electron chi connectivity index (χ3n) is 2.84. The van der Waals surface area contributed by atoms with Crippen LogP contribution in [0.25, 0.3) is 0 Å². The Hall–Kier alpha value is -1.95. The van der Waals surface area contributed by atoms with Gasteiger partial charge in [-0.15, -0.1) is 0 Å². The molecule has 2 aromatic rings. The SMILES string of the molecule is CCc1ccccc1NS(=O)(=O)c1ccc(F)c(F)c1. The van der Waals surface area contributed by atoms with Gasteiger partial charge in [-0.1, -0.05) is 25.1 Å². The lowest BCUT2D eigenvalue weighted by molar-refractivity contribution is 0.504. The van der Waals surface area contributed by atoms with Crippen molar-refractivity contribution in [3.05, 3.63) is 59.7 Å². The number of nitrogens with one attached hydrogen (secondary N) is 1. The van der Waals surface area contributed by atoms with Crippen molar-refractivity contribution in [2.24, 2.45) is 0 Å². The van der Waals surface area contributed by atoms with Crippen LogP contribution in [0, 0.1) is 11.6 Å². The van der Waals surface area contributed by atoms with Gasteiger partial charge in [0.15, 0.2) is 11.6 Å². The summed E-state index contributed by atoms with van der Waals surface area (Å²) in [5.41, 5.74) is 1.25. The highest BCUT2D eigenvalue weighted by Crippen LogP contribution is 2.21. The Bertz CT molecular complexity index is 730. The first-order valence-corrected chi connectivity index (χ1v) is 7.48. The Kier molecular flexibility index (Phi) is 4.04. The molecule has 0 amide bonds. The van der Waals surface area contributed by atoms with Crippen LogP contribution < -0.4 is 4.72 Å². The van der Waals surface area contributed by atoms with Crippen LogP contribution in [0.15, 0.2) is 47.4 Å². The van der Waals surface area contributed by atoms with E-state index >= 15 is 0 Å². The molecule has 0 radical (unpaired) electrons. The van der Waals surface area contributed by atoms with Crippen LogP contribution in [0.4, 0.5) is 14.5 Å². The zero-order valence-corrected chi connectivity index (χ0v) is 11.5. The average Bonchev–Trinajstić information content (AvgIpc) is 2.42.